The minimum absolute atomic E-state index is 0.570. The van der Waals surface area contributed by atoms with Crippen molar-refractivity contribution in [2.24, 2.45) is 7.05 Å². The molecule has 0 unspecified atom stereocenters. The molecular weight excluding hydrogens is 290 g/mol. The summed E-state index contributed by atoms with van der Waals surface area (Å²) in [6, 6.07) is 0. The lowest BCUT2D eigenvalue weighted by Crippen LogP contribution is -1.99. The third kappa shape index (κ3) is 3.56. The topological polar surface area (TPSA) is 67.0 Å². The highest BCUT2D eigenvalue weighted by molar-refractivity contribution is 7.99. The zero-order valence-corrected chi connectivity index (χ0v) is 13.7. The predicted octanol–water partition coefficient (Wildman–Crippen LogP) is 1.84. The molecular formula is C13H21N5O2S. The fraction of sp³-hybridized carbons (Fsp3) is 0.615. The van der Waals surface area contributed by atoms with Gasteiger partial charge >= 0.3 is 0 Å². The summed E-state index contributed by atoms with van der Waals surface area (Å²) in [5.41, 5.74) is 0.868. The molecule has 2 heterocycles. The molecule has 0 atom stereocenters. The van der Waals surface area contributed by atoms with Gasteiger partial charge in [0.2, 0.25) is 5.88 Å². The van der Waals surface area contributed by atoms with Gasteiger partial charge in [0.25, 0.3) is 0 Å². The third-order valence-electron chi connectivity index (χ3n) is 2.93. The average molecular weight is 311 g/mol. The Morgan fingerprint density at radius 3 is 2.76 bits per heavy atom. The van der Waals surface area contributed by atoms with Crippen molar-refractivity contribution in [1.29, 1.82) is 0 Å². The van der Waals surface area contributed by atoms with E-state index >= 15 is 0 Å². The fourth-order valence-corrected chi connectivity index (χ4v) is 2.67. The molecule has 0 saturated carbocycles. The summed E-state index contributed by atoms with van der Waals surface area (Å²) in [6.07, 6.45) is 1.94. The summed E-state index contributed by atoms with van der Waals surface area (Å²) < 4.78 is 14.4. The van der Waals surface area contributed by atoms with E-state index in [4.69, 9.17) is 9.47 Å². The molecule has 0 amide bonds. The molecule has 0 radical (unpaired) electrons. The van der Waals surface area contributed by atoms with Crippen molar-refractivity contribution in [1.82, 2.24) is 24.5 Å². The SMILES string of the molecule is CCOc1nn(CC)cc1-c1nnc(SCCOC)n1C. The lowest BCUT2D eigenvalue weighted by Gasteiger charge is -2.04. The molecule has 8 heteroatoms. The Labute approximate surface area is 128 Å². The van der Waals surface area contributed by atoms with Crippen LogP contribution in [0.2, 0.25) is 0 Å². The summed E-state index contributed by atoms with van der Waals surface area (Å²) in [6.45, 7) is 6.02. The highest BCUT2D eigenvalue weighted by atomic mass is 32.2. The van der Waals surface area contributed by atoms with E-state index in [1.807, 2.05) is 36.3 Å². The maximum absolute atomic E-state index is 5.60. The van der Waals surface area contributed by atoms with E-state index in [0.717, 1.165) is 28.8 Å². The largest absolute Gasteiger partial charge is 0.476 e. The standard InChI is InChI=1S/C13H21N5O2S/c1-5-18-9-10(12(16-18)20-6-2)11-14-15-13(17(11)3)21-8-7-19-4/h9H,5-8H2,1-4H3. The lowest BCUT2D eigenvalue weighted by atomic mass is 10.3. The minimum Gasteiger partial charge on any atom is -0.476 e. The Morgan fingerprint density at radius 2 is 2.10 bits per heavy atom. The summed E-state index contributed by atoms with van der Waals surface area (Å²) in [5.74, 6) is 2.20. The molecule has 0 saturated heterocycles. The van der Waals surface area contributed by atoms with E-state index in [2.05, 4.69) is 15.3 Å². The van der Waals surface area contributed by atoms with Crippen LogP contribution in [0.5, 0.6) is 5.88 Å². The molecule has 0 fully saturated rings. The molecule has 0 aliphatic heterocycles. The molecule has 2 aromatic rings. The number of methoxy groups -OCH3 is 1. The summed E-state index contributed by atoms with van der Waals surface area (Å²) in [7, 11) is 3.64. The molecule has 2 aromatic heterocycles. The van der Waals surface area contributed by atoms with Gasteiger partial charge < -0.3 is 14.0 Å². The second kappa shape index (κ2) is 7.46. The van der Waals surface area contributed by atoms with E-state index in [1.54, 1.807) is 18.9 Å². The van der Waals surface area contributed by atoms with Crippen LogP contribution in [-0.2, 0) is 18.3 Å². The number of aromatic nitrogens is 5. The van der Waals surface area contributed by atoms with E-state index in [-0.39, 0.29) is 0 Å². The third-order valence-corrected chi connectivity index (χ3v) is 3.91. The number of ether oxygens (including phenoxy) is 2. The van der Waals surface area contributed by atoms with Crippen LogP contribution >= 0.6 is 11.8 Å². The summed E-state index contributed by atoms with van der Waals surface area (Å²) >= 11 is 1.62. The Morgan fingerprint density at radius 1 is 1.29 bits per heavy atom. The molecule has 2 rings (SSSR count). The van der Waals surface area contributed by atoms with Crippen LogP contribution in [0.3, 0.4) is 0 Å². The molecule has 7 nitrogen and oxygen atoms in total. The number of nitrogens with zero attached hydrogens (tertiary/aromatic N) is 5. The highest BCUT2D eigenvalue weighted by Crippen LogP contribution is 2.29. The van der Waals surface area contributed by atoms with Crippen molar-refractivity contribution in [3.05, 3.63) is 6.20 Å². The molecule has 0 bridgehead atoms. The molecule has 0 spiro atoms. The van der Waals surface area contributed by atoms with E-state index in [9.17, 15) is 0 Å². The normalized spacial score (nSPS) is 11.0. The molecule has 116 valence electrons. The van der Waals surface area contributed by atoms with Crippen LogP contribution in [0.15, 0.2) is 11.4 Å². The Hall–Kier alpha value is -1.54. The number of rotatable bonds is 8. The first kappa shape index (κ1) is 15.8. The van der Waals surface area contributed by atoms with Gasteiger partial charge in [-0.3, -0.25) is 4.68 Å². The maximum Gasteiger partial charge on any atom is 0.243 e. The second-order valence-corrected chi connectivity index (χ2v) is 5.41. The zero-order valence-electron chi connectivity index (χ0n) is 12.9. The van der Waals surface area contributed by atoms with Gasteiger partial charge in [-0.2, -0.15) is 0 Å². The summed E-state index contributed by atoms with van der Waals surface area (Å²) in [5, 5.41) is 13.8. The number of hydrogen-bond donors (Lipinski definition) is 0. The van der Waals surface area contributed by atoms with Crippen molar-refractivity contribution in [3.8, 4) is 17.3 Å². The van der Waals surface area contributed by atoms with Gasteiger partial charge in [-0.1, -0.05) is 11.8 Å². The van der Waals surface area contributed by atoms with Crippen LogP contribution in [-0.4, -0.2) is 50.6 Å². The molecule has 0 aliphatic carbocycles. The average Bonchev–Trinajstić information content (AvgIpc) is 3.04. The monoisotopic (exact) mass is 311 g/mol. The highest BCUT2D eigenvalue weighted by Gasteiger charge is 2.18. The minimum atomic E-state index is 0.570. The smallest absolute Gasteiger partial charge is 0.243 e. The van der Waals surface area contributed by atoms with Gasteiger partial charge in [-0.25, -0.2) is 0 Å². The van der Waals surface area contributed by atoms with Gasteiger partial charge in [-0.05, 0) is 13.8 Å². The second-order valence-electron chi connectivity index (χ2n) is 4.34. The van der Waals surface area contributed by atoms with E-state index in [1.165, 1.54) is 0 Å². The van der Waals surface area contributed by atoms with Crippen molar-refractivity contribution in [2.45, 2.75) is 25.5 Å². The number of thioether (sulfide) groups is 1. The van der Waals surface area contributed by atoms with Crippen molar-refractivity contribution in [2.75, 3.05) is 26.1 Å². The van der Waals surface area contributed by atoms with Crippen molar-refractivity contribution in [3.63, 3.8) is 0 Å². The molecule has 0 N–H and O–H groups in total. The summed E-state index contributed by atoms with van der Waals surface area (Å²) in [4.78, 5) is 0. The van der Waals surface area contributed by atoms with Gasteiger partial charge in [0, 0.05) is 32.7 Å². The van der Waals surface area contributed by atoms with Gasteiger partial charge in [-0.15, -0.1) is 15.3 Å². The number of aryl methyl sites for hydroxylation is 1. The predicted molar refractivity (Wildman–Crippen MR) is 81.7 cm³/mol. The van der Waals surface area contributed by atoms with Crippen molar-refractivity contribution < 1.29 is 9.47 Å². The quantitative estimate of drug-likeness (QED) is 0.547. The molecule has 0 aromatic carbocycles. The van der Waals surface area contributed by atoms with Crippen LogP contribution in [0, 0.1) is 0 Å². The Balaban J connectivity index is 2.27. The van der Waals surface area contributed by atoms with E-state index in [0.29, 0.717) is 19.1 Å². The lowest BCUT2D eigenvalue weighted by molar-refractivity contribution is 0.218. The first-order valence-electron chi connectivity index (χ1n) is 6.93. The Kier molecular flexibility index (Phi) is 5.63. The Bertz CT molecular complexity index is 581. The number of hydrogen-bond acceptors (Lipinski definition) is 6. The van der Waals surface area contributed by atoms with Crippen LogP contribution in [0.4, 0.5) is 0 Å². The van der Waals surface area contributed by atoms with Gasteiger partial charge in [0.05, 0.1) is 13.2 Å². The molecule has 21 heavy (non-hydrogen) atoms. The van der Waals surface area contributed by atoms with Gasteiger partial charge in [0.15, 0.2) is 11.0 Å². The fourth-order valence-electron chi connectivity index (χ4n) is 1.85. The zero-order chi connectivity index (χ0) is 15.2. The first-order valence-corrected chi connectivity index (χ1v) is 7.91. The maximum atomic E-state index is 5.60. The van der Waals surface area contributed by atoms with Crippen LogP contribution in [0.25, 0.3) is 11.4 Å². The first-order chi connectivity index (χ1) is 10.2. The van der Waals surface area contributed by atoms with Crippen molar-refractivity contribution >= 4 is 11.8 Å². The molecule has 0 aliphatic rings. The van der Waals surface area contributed by atoms with E-state index < -0.39 is 0 Å². The van der Waals surface area contributed by atoms with Gasteiger partial charge in [0.1, 0.15) is 5.56 Å². The van der Waals surface area contributed by atoms with Crippen LogP contribution in [0.1, 0.15) is 13.8 Å². The van der Waals surface area contributed by atoms with Crippen LogP contribution < -0.4 is 4.74 Å².